The Morgan fingerprint density at radius 1 is 1.00 bits per heavy atom. The second kappa shape index (κ2) is 5.61. The van der Waals surface area contributed by atoms with Crippen molar-refractivity contribution in [3.8, 4) is 11.8 Å². The molecule has 1 aromatic carbocycles. The van der Waals surface area contributed by atoms with Crippen LogP contribution in [0.3, 0.4) is 0 Å². The smallest absolute Gasteiger partial charge is 0.337 e. The van der Waals surface area contributed by atoms with Crippen LogP contribution in [-0.2, 0) is 0 Å². The van der Waals surface area contributed by atoms with Gasteiger partial charge in [0.1, 0.15) is 0 Å². The van der Waals surface area contributed by atoms with Crippen LogP contribution in [-0.4, -0.2) is 22.2 Å². The zero-order chi connectivity index (χ0) is 18.7. The normalized spacial score (nSPS) is 37.1. The van der Waals surface area contributed by atoms with E-state index < -0.39 is 11.9 Å². The van der Waals surface area contributed by atoms with Crippen molar-refractivity contribution in [3.05, 3.63) is 34.9 Å². The second-order valence-electron chi connectivity index (χ2n) is 9.13. The monoisotopic (exact) mass is 352 g/mol. The lowest BCUT2D eigenvalue weighted by Crippen LogP contribution is -2.55. The molecule has 136 valence electrons. The second-order valence-corrected chi connectivity index (χ2v) is 9.13. The van der Waals surface area contributed by atoms with Gasteiger partial charge >= 0.3 is 11.9 Å². The minimum Gasteiger partial charge on any atom is -0.478 e. The fourth-order valence-corrected chi connectivity index (χ4v) is 6.63. The quantitative estimate of drug-likeness (QED) is 0.779. The first-order chi connectivity index (χ1) is 12.2. The maximum atomic E-state index is 11.6. The van der Waals surface area contributed by atoms with Gasteiger partial charge in [-0.15, -0.1) is 0 Å². The average molecular weight is 352 g/mol. The highest BCUT2D eigenvalue weighted by atomic mass is 16.4. The minimum atomic E-state index is -1.24. The van der Waals surface area contributed by atoms with Crippen LogP contribution in [0.1, 0.15) is 72.2 Å². The van der Waals surface area contributed by atoms with Crippen molar-refractivity contribution in [1.82, 2.24) is 0 Å². The van der Waals surface area contributed by atoms with Gasteiger partial charge in [-0.2, -0.15) is 0 Å². The van der Waals surface area contributed by atoms with Crippen molar-refractivity contribution in [2.75, 3.05) is 0 Å². The molecule has 4 fully saturated rings. The highest BCUT2D eigenvalue weighted by Gasteiger charge is 2.59. The number of carbonyl (C=O) groups is 2. The highest BCUT2D eigenvalue weighted by Crippen LogP contribution is 2.67. The number of hydrogen-bond acceptors (Lipinski definition) is 2. The molecule has 2 N–H and O–H groups in total. The molecule has 4 aliphatic rings. The van der Waals surface area contributed by atoms with Crippen molar-refractivity contribution in [3.63, 3.8) is 0 Å². The van der Waals surface area contributed by atoms with E-state index in [9.17, 15) is 19.8 Å². The summed E-state index contributed by atoms with van der Waals surface area (Å²) in [6.45, 7) is 4.68. The summed E-state index contributed by atoms with van der Waals surface area (Å²) in [5, 5.41) is 18.8. The predicted octanol–water partition coefficient (Wildman–Crippen LogP) is 4.29. The molecule has 4 nitrogen and oxygen atoms in total. The van der Waals surface area contributed by atoms with Crippen LogP contribution in [0.4, 0.5) is 0 Å². The van der Waals surface area contributed by atoms with Crippen molar-refractivity contribution < 1.29 is 19.8 Å². The SMILES string of the molecule is CC12CC3CC(C1)CC(C)(C3)C2C#Cc1cccc(C(=O)O)c1C(=O)O. The zero-order valence-electron chi connectivity index (χ0n) is 15.2. The Bertz CT molecular complexity index is 821. The van der Waals surface area contributed by atoms with Gasteiger partial charge in [0, 0.05) is 11.5 Å². The summed E-state index contributed by atoms with van der Waals surface area (Å²) in [5.41, 5.74) is 0.288. The molecule has 0 radical (unpaired) electrons. The standard InChI is InChI=1S/C22H24O4/c1-21-9-13-8-14(10-21)12-22(2,11-13)17(21)7-6-15-4-3-5-16(19(23)24)18(15)20(25)26/h3-5,13-14,17H,8-12H2,1-2H3,(H,23,24)(H,25,26). The molecule has 0 heterocycles. The lowest BCUT2D eigenvalue weighted by molar-refractivity contribution is -0.127. The van der Waals surface area contributed by atoms with Gasteiger partial charge in [0.25, 0.3) is 0 Å². The Morgan fingerprint density at radius 2 is 1.58 bits per heavy atom. The average Bonchev–Trinajstić information content (AvgIpc) is 2.51. The third kappa shape index (κ3) is 2.53. The molecule has 4 bridgehead atoms. The van der Waals surface area contributed by atoms with E-state index >= 15 is 0 Å². The van der Waals surface area contributed by atoms with Gasteiger partial charge in [-0.3, -0.25) is 0 Å². The van der Waals surface area contributed by atoms with E-state index in [0.29, 0.717) is 5.56 Å². The third-order valence-corrected chi connectivity index (χ3v) is 6.94. The van der Waals surface area contributed by atoms with E-state index in [1.165, 1.54) is 38.2 Å². The Morgan fingerprint density at radius 3 is 2.08 bits per heavy atom. The fraction of sp³-hybridized carbons (Fsp3) is 0.545. The number of rotatable bonds is 2. The molecule has 26 heavy (non-hydrogen) atoms. The number of benzene rings is 1. The maximum Gasteiger partial charge on any atom is 0.337 e. The Labute approximate surface area is 153 Å². The van der Waals surface area contributed by atoms with Gasteiger partial charge in [-0.05, 0) is 66.9 Å². The van der Waals surface area contributed by atoms with Crippen LogP contribution < -0.4 is 0 Å². The van der Waals surface area contributed by atoms with Gasteiger partial charge in [-0.25, -0.2) is 9.59 Å². The molecule has 0 amide bonds. The van der Waals surface area contributed by atoms with E-state index in [2.05, 4.69) is 25.7 Å². The van der Waals surface area contributed by atoms with Crippen LogP contribution >= 0.6 is 0 Å². The molecule has 0 aromatic heterocycles. The van der Waals surface area contributed by atoms with Crippen LogP contribution in [0.2, 0.25) is 0 Å². The molecular formula is C22H24O4. The van der Waals surface area contributed by atoms with Crippen LogP contribution in [0.5, 0.6) is 0 Å². The number of aromatic carboxylic acids is 2. The minimum absolute atomic E-state index is 0.194. The van der Waals surface area contributed by atoms with Gasteiger partial charge in [-0.1, -0.05) is 31.8 Å². The summed E-state index contributed by atoms with van der Waals surface area (Å²) >= 11 is 0. The summed E-state index contributed by atoms with van der Waals surface area (Å²) in [4.78, 5) is 23.0. The first-order valence-electron chi connectivity index (χ1n) is 9.33. The number of hydrogen-bond donors (Lipinski definition) is 2. The Kier molecular flexibility index (Phi) is 3.70. The zero-order valence-corrected chi connectivity index (χ0v) is 15.2. The number of carboxylic acid groups (broad SMARTS) is 2. The van der Waals surface area contributed by atoms with Crippen molar-refractivity contribution in [2.45, 2.75) is 46.0 Å². The van der Waals surface area contributed by atoms with Crippen LogP contribution in [0.25, 0.3) is 0 Å². The molecule has 0 unspecified atom stereocenters. The van der Waals surface area contributed by atoms with E-state index in [0.717, 1.165) is 11.8 Å². The molecule has 1 aromatic rings. The van der Waals surface area contributed by atoms with Gasteiger partial charge in [0.2, 0.25) is 0 Å². The van der Waals surface area contributed by atoms with E-state index in [-0.39, 0.29) is 27.9 Å². The molecule has 0 atom stereocenters. The topological polar surface area (TPSA) is 74.6 Å². The van der Waals surface area contributed by atoms with Gasteiger partial charge in [0.15, 0.2) is 0 Å². The molecule has 0 spiro atoms. The molecule has 4 saturated carbocycles. The summed E-state index contributed by atoms with van der Waals surface area (Å²) in [7, 11) is 0. The van der Waals surface area contributed by atoms with E-state index in [1.807, 2.05) is 0 Å². The summed E-state index contributed by atoms with van der Waals surface area (Å²) in [6, 6.07) is 4.51. The first kappa shape index (κ1) is 17.1. The van der Waals surface area contributed by atoms with Gasteiger partial charge in [0.05, 0.1) is 11.1 Å². The lowest BCUT2D eigenvalue weighted by Gasteiger charge is -2.63. The highest BCUT2D eigenvalue weighted by molar-refractivity contribution is 6.03. The van der Waals surface area contributed by atoms with Crippen molar-refractivity contribution >= 4 is 11.9 Å². The maximum absolute atomic E-state index is 11.6. The van der Waals surface area contributed by atoms with E-state index in [1.54, 1.807) is 12.1 Å². The molecular weight excluding hydrogens is 328 g/mol. The summed E-state index contributed by atoms with van der Waals surface area (Å²) in [6.07, 6.45) is 6.19. The Hall–Kier alpha value is -2.28. The molecule has 4 aliphatic carbocycles. The van der Waals surface area contributed by atoms with E-state index in [4.69, 9.17) is 0 Å². The fourth-order valence-electron chi connectivity index (χ4n) is 6.63. The van der Waals surface area contributed by atoms with Crippen molar-refractivity contribution in [2.24, 2.45) is 28.6 Å². The van der Waals surface area contributed by atoms with Crippen molar-refractivity contribution in [1.29, 1.82) is 0 Å². The molecule has 0 saturated heterocycles. The first-order valence-corrected chi connectivity index (χ1v) is 9.33. The van der Waals surface area contributed by atoms with Crippen LogP contribution in [0, 0.1) is 40.4 Å². The number of carboxylic acids is 2. The molecule has 5 rings (SSSR count). The molecule has 4 heteroatoms. The van der Waals surface area contributed by atoms with Gasteiger partial charge < -0.3 is 10.2 Å². The Balaban J connectivity index is 1.76. The lowest BCUT2D eigenvalue weighted by atomic mass is 9.41. The predicted molar refractivity (Wildman–Crippen MR) is 97.0 cm³/mol. The third-order valence-electron chi connectivity index (χ3n) is 6.94. The largest absolute Gasteiger partial charge is 0.478 e. The van der Waals surface area contributed by atoms with Crippen LogP contribution in [0.15, 0.2) is 18.2 Å². The molecule has 0 aliphatic heterocycles. The summed E-state index contributed by atoms with van der Waals surface area (Å²) in [5.74, 6) is 5.86. The summed E-state index contributed by atoms with van der Waals surface area (Å²) < 4.78 is 0.